The van der Waals surface area contributed by atoms with Crippen LogP contribution < -0.4 is 79.4 Å². The average Bonchev–Trinajstić information content (AvgIpc) is 3.38. The van der Waals surface area contributed by atoms with Gasteiger partial charge in [-0.15, -0.1) is 0 Å². The quantitative estimate of drug-likeness (QED) is 0.119. The van der Waals surface area contributed by atoms with Crippen LogP contribution in [-0.2, 0) is 11.3 Å². The van der Waals surface area contributed by atoms with Gasteiger partial charge in [0.2, 0.25) is 0 Å². The van der Waals surface area contributed by atoms with Gasteiger partial charge in [-0.3, -0.25) is 4.79 Å². The molecule has 0 unspecified atom stereocenters. The molecule has 3 aromatic carbocycles. The summed E-state index contributed by atoms with van der Waals surface area (Å²) in [4.78, 5) is 36.8. The molecule has 0 aliphatic carbocycles. The Morgan fingerprint density at radius 3 is 2.14 bits per heavy atom. The molecule has 1 amide bonds. The van der Waals surface area contributed by atoms with Crippen molar-refractivity contribution in [1.29, 1.82) is 0 Å². The first-order valence-electron chi connectivity index (χ1n) is 14.9. The third-order valence-corrected chi connectivity index (χ3v) is 7.50. The maximum atomic E-state index is 14.2. The van der Waals surface area contributed by atoms with E-state index in [1.807, 2.05) is 44.2 Å². The van der Waals surface area contributed by atoms with Crippen molar-refractivity contribution in [3.8, 4) is 28.0 Å². The van der Waals surface area contributed by atoms with Gasteiger partial charge >= 0.3 is 59.1 Å². The second-order valence-electron chi connectivity index (χ2n) is 11.2. The van der Waals surface area contributed by atoms with Crippen molar-refractivity contribution >= 4 is 23.9 Å². The summed E-state index contributed by atoms with van der Waals surface area (Å²) in [6, 6.07) is 19.0. The third kappa shape index (κ3) is 10.6. The zero-order valence-electron chi connectivity index (χ0n) is 28.1. The van der Waals surface area contributed by atoms with Gasteiger partial charge in [-0.25, -0.2) is 4.39 Å². The molecular formula is C36H35FN2Na2O8. The van der Waals surface area contributed by atoms with Gasteiger partial charge in [-0.05, 0) is 60.9 Å². The first-order chi connectivity index (χ1) is 22.4. The number of carboxylic acids is 2. The van der Waals surface area contributed by atoms with Crippen molar-refractivity contribution in [2.45, 2.75) is 51.5 Å². The molecule has 49 heavy (non-hydrogen) atoms. The molecule has 3 N–H and O–H groups in total. The average molecular weight is 689 g/mol. The number of aliphatic carboxylic acids is 1. The van der Waals surface area contributed by atoms with Crippen LogP contribution in [0.4, 0.5) is 4.39 Å². The van der Waals surface area contributed by atoms with Crippen LogP contribution in [-0.4, -0.2) is 51.9 Å². The number of aliphatic hydroxyl groups excluding tert-OH is 2. The number of hydrogen-bond donors (Lipinski definition) is 3. The van der Waals surface area contributed by atoms with Gasteiger partial charge in [0.1, 0.15) is 17.3 Å². The van der Waals surface area contributed by atoms with E-state index in [-0.39, 0.29) is 95.1 Å². The molecule has 4 rings (SSSR count). The SMILES string of the molecule is COc1ccc(CNC(=O)c2c(-c3ccccc3)c(-c3ccc(F)cc3)c(/C=C/[C@@H](O)C[C@@H](O)CC(=O)[O-])n2C(C)C)cc1C(=O)[O-].[Na+].[Na+]. The maximum absolute atomic E-state index is 14.2. The van der Waals surface area contributed by atoms with E-state index < -0.39 is 42.3 Å². The van der Waals surface area contributed by atoms with Gasteiger partial charge < -0.3 is 44.6 Å². The summed E-state index contributed by atoms with van der Waals surface area (Å²) < 4.78 is 21.0. The van der Waals surface area contributed by atoms with Crippen molar-refractivity contribution in [3.63, 3.8) is 0 Å². The minimum absolute atomic E-state index is 0. The van der Waals surface area contributed by atoms with E-state index in [2.05, 4.69) is 5.32 Å². The van der Waals surface area contributed by atoms with Gasteiger partial charge in [-0.1, -0.05) is 54.6 Å². The molecule has 4 aromatic rings. The van der Waals surface area contributed by atoms with Gasteiger partial charge in [0.15, 0.2) is 0 Å². The first-order valence-corrected chi connectivity index (χ1v) is 14.9. The fourth-order valence-corrected chi connectivity index (χ4v) is 5.45. The number of nitrogens with zero attached hydrogens (tertiary/aromatic N) is 1. The number of ether oxygens (including phenoxy) is 1. The molecule has 10 nitrogen and oxygen atoms in total. The standard InChI is InChI=1S/C36H37FN2O8.2Na/c1-21(2)39-29(15-14-26(40)18-27(41)19-31(42)43)32(24-10-12-25(37)13-11-24)33(23-7-5-4-6-8-23)34(39)35(44)38-20-22-9-16-30(47-3)28(17-22)36(45)46;;/h4-17,21,26-27,40-41H,18-20H2,1-3H3,(H,38,44)(H,42,43)(H,45,46);;/q;2*+1/p-2/b15-14+;;/t26-,27-;;/m1../s1. The predicted octanol–water partition coefficient (Wildman–Crippen LogP) is -2.88. The first kappa shape index (κ1) is 41.9. The number of rotatable bonds is 14. The second-order valence-corrected chi connectivity index (χ2v) is 11.2. The molecule has 0 fully saturated rings. The van der Waals surface area contributed by atoms with Crippen molar-refractivity contribution in [2.24, 2.45) is 0 Å². The minimum atomic E-state index is -1.45. The van der Waals surface area contributed by atoms with Crippen molar-refractivity contribution in [3.05, 3.63) is 107 Å². The molecule has 0 spiro atoms. The Morgan fingerprint density at radius 2 is 1.57 bits per heavy atom. The number of benzene rings is 3. The van der Waals surface area contributed by atoms with Crippen LogP contribution in [0.25, 0.3) is 28.3 Å². The molecule has 2 atom stereocenters. The number of aromatic nitrogens is 1. The molecule has 13 heteroatoms. The van der Waals surface area contributed by atoms with E-state index >= 15 is 0 Å². The van der Waals surface area contributed by atoms with Crippen LogP contribution in [0.2, 0.25) is 0 Å². The summed E-state index contributed by atoms with van der Waals surface area (Å²) >= 11 is 0. The van der Waals surface area contributed by atoms with Crippen LogP contribution >= 0.6 is 0 Å². The van der Waals surface area contributed by atoms with E-state index in [1.54, 1.807) is 28.8 Å². The van der Waals surface area contributed by atoms with Gasteiger partial charge in [-0.2, -0.15) is 0 Å². The maximum Gasteiger partial charge on any atom is 1.00 e. The molecule has 1 aromatic heterocycles. The number of carbonyl (C=O) groups is 3. The van der Waals surface area contributed by atoms with E-state index in [0.29, 0.717) is 33.5 Å². The molecule has 0 radical (unpaired) electrons. The molecule has 0 bridgehead atoms. The Morgan fingerprint density at radius 1 is 0.939 bits per heavy atom. The zero-order valence-corrected chi connectivity index (χ0v) is 32.1. The fourth-order valence-electron chi connectivity index (χ4n) is 5.45. The van der Waals surface area contributed by atoms with Crippen molar-refractivity contribution in [1.82, 2.24) is 9.88 Å². The number of methoxy groups -OCH3 is 1. The Labute approximate surface area is 328 Å². The van der Waals surface area contributed by atoms with Crippen LogP contribution in [0, 0.1) is 5.82 Å². The molecule has 246 valence electrons. The largest absolute Gasteiger partial charge is 1.00 e. The molecule has 0 aliphatic heterocycles. The number of carbonyl (C=O) groups excluding carboxylic acids is 3. The number of aliphatic hydroxyl groups is 2. The van der Waals surface area contributed by atoms with E-state index in [1.165, 1.54) is 37.5 Å². The van der Waals surface area contributed by atoms with Gasteiger partial charge in [0.25, 0.3) is 5.91 Å². The molecule has 0 saturated carbocycles. The normalized spacial score (nSPS) is 12.1. The zero-order chi connectivity index (χ0) is 34.2. The number of carboxylic acid groups (broad SMARTS) is 2. The van der Waals surface area contributed by atoms with Crippen molar-refractivity contribution in [2.75, 3.05) is 7.11 Å². The monoisotopic (exact) mass is 688 g/mol. The summed E-state index contributed by atoms with van der Waals surface area (Å²) in [5, 5.41) is 46.2. The Balaban J connectivity index is 0.00000417. The van der Waals surface area contributed by atoms with Crippen LogP contribution in [0.3, 0.4) is 0 Å². The topological polar surface area (TPSA) is 164 Å². The summed E-state index contributed by atoms with van der Waals surface area (Å²) in [5.41, 5.74) is 3.43. The summed E-state index contributed by atoms with van der Waals surface area (Å²) in [6.45, 7) is 3.70. The summed E-state index contributed by atoms with van der Waals surface area (Å²) in [5.74, 6) is -3.70. The number of hydrogen-bond acceptors (Lipinski definition) is 8. The fraction of sp³-hybridized carbons (Fsp3) is 0.250. The Kier molecular flexibility index (Phi) is 16.4. The van der Waals surface area contributed by atoms with Crippen LogP contribution in [0.1, 0.15) is 64.8 Å². The van der Waals surface area contributed by atoms with E-state index in [4.69, 9.17) is 4.74 Å². The van der Waals surface area contributed by atoms with E-state index in [9.17, 15) is 39.2 Å². The smallest absolute Gasteiger partial charge is 0.550 e. The van der Waals surface area contributed by atoms with Crippen LogP contribution in [0.15, 0.2) is 78.9 Å². The van der Waals surface area contributed by atoms with Crippen LogP contribution in [0.5, 0.6) is 5.75 Å². The van der Waals surface area contributed by atoms with Gasteiger partial charge in [0, 0.05) is 53.8 Å². The number of amides is 1. The third-order valence-electron chi connectivity index (χ3n) is 7.50. The van der Waals surface area contributed by atoms with Gasteiger partial charge in [0.05, 0.1) is 25.3 Å². The summed E-state index contributed by atoms with van der Waals surface area (Å²) in [6.07, 6.45) is -0.512. The molecular weight excluding hydrogens is 653 g/mol. The number of aromatic carboxylic acids is 1. The molecule has 1 heterocycles. The second kappa shape index (κ2) is 19.2. The minimum Gasteiger partial charge on any atom is -0.550 e. The van der Waals surface area contributed by atoms with Crippen molar-refractivity contribution < 1.29 is 103 Å². The number of halogens is 1. The predicted molar refractivity (Wildman–Crippen MR) is 169 cm³/mol. The summed E-state index contributed by atoms with van der Waals surface area (Å²) in [7, 11) is 1.34. The Hall–Kier alpha value is -3.26. The molecule has 0 saturated heterocycles. The van der Waals surface area contributed by atoms with E-state index in [0.717, 1.165) is 0 Å². The Bertz CT molecular complexity index is 1780. The number of nitrogens with one attached hydrogen (secondary N) is 1. The molecule has 0 aliphatic rings.